The summed E-state index contributed by atoms with van der Waals surface area (Å²) in [5.41, 5.74) is 0.0448. The van der Waals surface area contributed by atoms with Crippen molar-refractivity contribution in [2.75, 3.05) is 27.3 Å². The highest BCUT2D eigenvalue weighted by Gasteiger charge is 2.32. The fourth-order valence-electron chi connectivity index (χ4n) is 2.73. The second kappa shape index (κ2) is 7.25. The van der Waals surface area contributed by atoms with E-state index in [-0.39, 0.29) is 11.7 Å². The minimum Gasteiger partial charge on any atom is -0.382 e. The van der Waals surface area contributed by atoms with E-state index in [1.54, 1.807) is 7.11 Å². The van der Waals surface area contributed by atoms with Crippen LogP contribution in [0.25, 0.3) is 0 Å². The van der Waals surface area contributed by atoms with E-state index in [1.807, 2.05) is 7.05 Å². The van der Waals surface area contributed by atoms with E-state index in [9.17, 15) is 0 Å². The quantitative estimate of drug-likeness (QED) is 0.709. The number of nitrogens with one attached hydrogen (secondary N) is 1. The molecule has 0 aromatic rings. The molecule has 0 saturated heterocycles. The molecular weight excluding hydrogens is 202 g/mol. The molecule has 1 unspecified atom stereocenters. The lowest BCUT2D eigenvalue weighted by Gasteiger charge is -2.35. The monoisotopic (exact) mass is 229 g/mol. The second-order valence-corrected chi connectivity index (χ2v) is 5.01. The lowest BCUT2D eigenvalue weighted by molar-refractivity contribution is -0.112. The zero-order valence-electron chi connectivity index (χ0n) is 11.1. The van der Waals surface area contributed by atoms with Crippen molar-refractivity contribution >= 4 is 0 Å². The molecule has 0 bridgehead atoms. The Morgan fingerprint density at radius 1 is 1.19 bits per heavy atom. The second-order valence-electron chi connectivity index (χ2n) is 5.01. The lowest BCUT2D eigenvalue weighted by atomic mass is 9.93. The Morgan fingerprint density at radius 3 is 2.31 bits per heavy atom. The molecule has 1 fully saturated rings. The molecule has 1 atom stereocenters. The first-order valence-electron chi connectivity index (χ1n) is 6.54. The first kappa shape index (κ1) is 13.9. The van der Waals surface area contributed by atoms with Crippen LogP contribution >= 0.6 is 0 Å². The molecule has 0 spiro atoms. The van der Waals surface area contributed by atoms with Gasteiger partial charge in [-0.15, -0.1) is 0 Å². The number of hydrogen-bond acceptors (Lipinski definition) is 3. The minimum absolute atomic E-state index is 0.0448. The van der Waals surface area contributed by atoms with Crippen molar-refractivity contribution in [2.24, 2.45) is 0 Å². The van der Waals surface area contributed by atoms with E-state index >= 15 is 0 Å². The van der Waals surface area contributed by atoms with Gasteiger partial charge in [0.25, 0.3) is 0 Å². The number of likely N-dealkylation sites (N-methyl/N-ethyl adjacent to an activating group) is 1. The number of rotatable bonds is 6. The molecule has 0 aromatic heterocycles. The molecule has 3 heteroatoms. The zero-order chi connectivity index (χ0) is 11.9. The molecule has 1 aliphatic carbocycles. The Bertz CT molecular complexity index is 177. The van der Waals surface area contributed by atoms with Gasteiger partial charge in [0.2, 0.25) is 0 Å². The third kappa shape index (κ3) is 4.40. The van der Waals surface area contributed by atoms with E-state index < -0.39 is 0 Å². The van der Waals surface area contributed by atoms with E-state index in [4.69, 9.17) is 9.47 Å². The average Bonchev–Trinajstić information content (AvgIpc) is 2.45. The molecule has 16 heavy (non-hydrogen) atoms. The third-order valence-corrected chi connectivity index (χ3v) is 3.37. The largest absolute Gasteiger partial charge is 0.382 e. The van der Waals surface area contributed by atoms with Crippen LogP contribution in [-0.4, -0.2) is 39.0 Å². The van der Waals surface area contributed by atoms with Gasteiger partial charge in [0.05, 0.1) is 18.3 Å². The Morgan fingerprint density at radius 2 is 1.81 bits per heavy atom. The first-order valence-corrected chi connectivity index (χ1v) is 6.54. The van der Waals surface area contributed by atoms with Crippen molar-refractivity contribution in [3.8, 4) is 0 Å². The van der Waals surface area contributed by atoms with Gasteiger partial charge in [0, 0.05) is 13.7 Å². The SMILES string of the molecule is CNCC1(OC(C)COC)CCCCCC1. The predicted octanol–water partition coefficient (Wildman–Crippen LogP) is 2.35. The molecule has 3 nitrogen and oxygen atoms in total. The van der Waals surface area contributed by atoms with E-state index in [2.05, 4.69) is 12.2 Å². The molecule has 0 aromatic carbocycles. The topological polar surface area (TPSA) is 30.5 Å². The maximum absolute atomic E-state index is 6.25. The minimum atomic E-state index is 0.0448. The van der Waals surface area contributed by atoms with Gasteiger partial charge < -0.3 is 14.8 Å². The van der Waals surface area contributed by atoms with Crippen molar-refractivity contribution in [1.82, 2.24) is 5.32 Å². The normalized spacial score (nSPS) is 22.7. The van der Waals surface area contributed by atoms with Crippen LogP contribution in [0.4, 0.5) is 0 Å². The Balaban J connectivity index is 2.54. The lowest BCUT2D eigenvalue weighted by Crippen LogP contribution is -2.44. The Labute approximate surface area is 99.9 Å². The average molecular weight is 229 g/mol. The van der Waals surface area contributed by atoms with Crippen molar-refractivity contribution in [1.29, 1.82) is 0 Å². The summed E-state index contributed by atoms with van der Waals surface area (Å²) in [6, 6.07) is 0. The molecular formula is C13H27NO2. The summed E-state index contributed by atoms with van der Waals surface area (Å²) in [5, 5.41) is 3.29. The fraction of sp³-hybridized carbons (Fsp3) is 1.00. The van der Waals surface area contributed by atoms with Gasteiger partial charge in [-0.2, -0.15) is 0 Å². The van der Waals surface area contributed by atoms with Crippen LogP contribution in [0.3, 0.4) is 0 Å². The summed E-state index contributed by atoms with van der Waals surface area (Å²) < 4.78 is 11.4. The van der Waals surface area contributed by atoms with Crippen molar-refractivity contribution in [2.45, 2.75) is 57.2 Å². The van der Waals surface area contributed by atoms with Gasteiger partial charge in [0.15, 0.2) is 0 Å². The Kier molecular flexibility index (Phi) is 6.32. The van der Waals surface area contributed by atoms with Gasteiger partial charge in [-0.25, -0.2) is 0 Å². The molecule has 0 amide bonds. The highest BCUT2D eigenvalue weighted by Crippen LogP contribution is 2.31. The maximum Gasteiger partial charge on any atom is 0.0810 e. The molecule has 1 N–H and O–H groups in total. The summed E-state index contributed by atoms with van der Waals surface area (Å²) in [7, 11) is 3.74. The third-order valence-electron chi connectivity index (χ3n) is 3.37. The van der Waals surface area contributed by atoms with Gasteiger partial charge >= 0.3 is 0 Å². The fourth-order valence-corrected chi connectivity index (χ4v) is 2.73. The summed E-state index contributed by atoms with van der Waals surface area (Å²) in [6.45, 7) is 3.75. The predicted molar refractivity (Wildman–Crippen MR) is 66.8 cm³/mol. The number of ether oxygens (including phenoxy) is 2. The molecule has 1 rings (SSSR count). The summed E-state index contributed by atoms with van der Waals surface area (Å²) in [4.78, 5) is 0. The van der Waals surface area contributed by atoms with Crippen LogP contribution < -0.4 is 5.32 Å². The van der Waals surface area contributed by atoms with Crippen LogP contribution in [0.5, 0.6) is 0 Å². The number of methoxy groups -OCH3 is 1. The van der Waals surface area contributed by atoms with Crippen LogP contribution in [-0.2, 0) is 9.47 Å². The molecule has 1 aliphatic rings. The van der Waals surface area contributed by atoms with Gasteiger partial charge in [-0.1, -0.05) is 25.7 Å². The maximum atomic E-state index is 6.25. The standard InChI is InChI=1S/C13H27NO2/c1-12(10-15-3)16-13(11-14-2)8-6-4-5-7-9-13/h12,14H,4-11H2,1-3H3. The van der Waals surface area contributed by atoms with Crippen LogP contribution in [0, 0.1) is 0 Å². The highest BCUT2D eigenvalue weighted by atomic mass is 16.5. The van der Waals surface area contributed by atoms with Crippen molar-refractivity contribution in [3.63, 3.8) is 0 Å². The van der Waals surface area contributed by atoms with Gasteiger partial charge in [-0.3, -0.25) is 0 Å². The molecule has 0 radical (unpaired) electrons. The summed E-state index contributed by atoms with van der Waals surface area (Å²) in [5.74, 6) is 0. The summed E-state index contributed by atoms with van der Waals surface area (Å²) >= 11 is 0. The smallest absolute Gasteiger partial charge is 0.0810 e. The molecule has 96 valence electrons. The molecule has 1 saturated carbocycles. The van der Waals surface area contributed by atoms with Crippen molar-refractivity contribution < 1.29 is 9.47 Å². The van der Waals surface area contributed by atoms with Gasteiger partial charge in [-0.05, 0) is 26.8 Å². The zero-order valence-corrected chi connectivity index (χ0v) is 11.1. The first-order chi connectivity index (χ1) is 7.72. The van der Waals surface area contributed by atoms with Crippen LogP contribution in [0.15, 0.2) is 0 Å². The number of hydrogen-bond donors (Lipinski definition) is 1. The molecule has 0 heterocycles. The highest BCUT2D eigenvalue weighted by molar-refractivity contribution is 4.86. The van der Waals surface area contributed by atoms with E-state index in [1.165, 1.54) is 38.5 Å². The summed E-state index contributed by atoms with van der Waals surface area (Å²) in [6.07, 6.45) is 7.85. The van der Waals surface area contributed by atoms with E-state index in [0.717, 1.165) is 6.54 Å². The van der Waals surface area contributed by atoms with Crippen LogP contribution in [0.1, 0.15) is 45.4 Å². The van der Waals surface area contributed by atoms with E-state index in [0.29, 0.717) is 6.61 Å². The Hall–Kier alpha value is -0.120. The van der Waals surface area contributed by atoms with Gasteiger partial charge in [0.1, 0.15) is 0 Å². The van der Waals surface area contributed by atoms with Crippen LogP contribution in [0.2, 0.25) is 0 Å². The van der Waals surface area contributed by atoms with Crippen molar-refractivity contribution in [3.05, 3.63) is 0 Å². The molecule has 0 aliphatic heterocycles.